The third-order valence-corrected chi connectivity index (χ3v) is 4.35. The molecule has 2 aromatic rings. The Morgan fingerprint density at radius 2 is 1.10 bits per heavy atom. The highest BCUT2D eigenvalue weighted by molar-refractivity contribution is 5.30. The Labute approximate surface area is 130 Å². The van der Waals surface area contributed by atoms with Gasteiger partial charge in [-0.3, -0.25) is 0 Å². The first kappa shape index (κ1) is 15.8. The number of hydrogen-bond donors (Lipinski definition) is 0. The predicted molar refractivity (Wildman–Crippen MR) is 92.7 cm³/mol. The molecule has 0 amide bonds. The number of hydrogen-bond acceptors (Lipinski definition) is 0. The molecule has 0 aliphatic heterocycles. The van der Waals surface area contributed by atoms with E-state index in [1.807, 2.05) is 0 Å². The average molecular weight is 280 g/mol. The maximum absolute atomic E-state index is 2.36. The highest BCUT2D eigenvalue weighted by Crippen LogP contribution is 2.48. The van der Waals surface area contributed by atoms with Crippen LogP contribution in [0.15, 0.2) is 60.7 Å². The van der Waals surface area contributed by atoms with Crippen LogP contribution in [-0.2, 0) is 0 Å². The molecule has 0 N–H and O–H groups in total. The van der Waals surface area contributed by atoms with Crippen LogP contribution in [-0.4, -0.2) is 0 Å². The van der Waals surface area contributed by atoms with Crippen molar-refractivity contribution in [1.29, 1.82) is 0 Å². The molecule has 0 aliphatic rings. The summed E-state index contributed by atoms with van der Waals surface area (Å²) in [6, 6.07) is 22.0. The second-order valence-electron chi connectivity index (χ2n) is 7.43. The standard InChI is InChI=1S/C21H28/c1-16(2)19(17-12-8-6-9-13-17)20(21(3,4)5)18-14-10-7-11-15-18/h6-16,19-20H,1-5H3. The molecule has 0 saturated carbocycles. The van der Waals surface area contributed by atoms with E-state index in [4.69, 9.17) is 0 Å². The molecule has 0 radical (unpaired) electrons. The minimum atomic E-state index is 0.228. The van der Waals surface area contributed by atoms with Gasteiger partial charge in [0.05, 0.1) is 0 Å². The molecule has 0 fully saturated rings. The lowest BCUT2D eigenvalue weighted by Gasteiger charge is -2.40. The lowest BCUT2D eigenvalue weighted by Crippen LogP contribution is -2.28. The highest BCUT2D eigenvalue weighted by atomic mass is 14.4. The van der Waals surface area contributed by atoms with E-state index in [1.54, 1.807) is 0 Å². The Hall–Kier alpha value is -1.56. The second kappa shape index (κ2) is 6.47. The molecule has 2 aromatic carbocycles. The van der Waals surface area contributed by atoms with E-state index in [0.29, 0.717) is 17.8 Å². The topological polar surface area (TPSA) is 0 Å². The summed E-state index contributed by atoms with van der Waals surface area (Å²) in [7, 11) is 0. The second-order valence-corrected chi connectivity index (χ2v) is 7.43. The van der Waals surface area contributed by atoms with Gasteiger partial charge in [-0.25, -0.2) is 0 Å². The van der Waals surface area contributed by atoms with Gasteiger partial charge >= 0.3 is 0 Å². The average Bonchev–Trinajstić information content (AvgIpc) is 2.44. The van der Waals surface area contributed by atoms with E-state index in [0.717, 1.165) is 0 Å². The van der Waals surface area contributed by atoms with E-state index < -0.39 is 0 Å². The normalized spacial score (nSPS) is 15.0. The fourth-order valence-electron chi connectivity index (χ4n) is 3.54. The molecule has 0 saturated heterocycles. The van der Waals surface area contributed by atoms with E-state index in [1.165, 1.54) is 11.1 Å². The molecule has 2 rings (SSSR count). The van der Waals surface area contributed by atoms with Gasteiger partial charge in [-0.1, -0.05) is 95.3 Å². The van der Waals surface area contributed by atoms with Gasteiger partial charge in [0.2, 0.25) is 0 Å². The summed E-state index contributed by atoms with van der Waals surface area (Å²) in [5.74, 6) is 1.66. The van der Waals surface area contributed by atoms with E-state index in [9.17, 15) is 0 Å². The van der Waals surface area contributed by atoms with Crippen LogP contribution in [0.25, 0.3) is 0 Å². The summed E-state index contributed by atoms with van der Waals surface area (Å²) < 4.78 is 0. The highest BCUT2D eigenvalue weighted by Gasteiger charge is 2.35. The lowest BCUT2D eigenvalue weighted by molar-refractivity contribution is 0.244. The number of benzene rings is 2. The van der Waals surface area contributed by atoms with Gasteiger partial charge in [-0.05, 0) is 34.3 Å². The Morgan fingerprint density at radius 1 is 0.667 bits per heavy atom. The minimum absolute atomic E-state index is 0.228. The fraction of sp³-hybridized carbons (Fsp3) is 0.429. The van der Waals surface area contributed by atoms with Crippen LogP contribution in [0.1, 0.15) is 57.6 Å². The first-order valence-electron chi connectivity index (χ1n) is 8.01. The van der Waals surface area contributed by atoms with Gasteiger partial charge in [-0.2, -0.15) is 0 Å². The maximum atomic E-state index is 2.36. The first-order valence-corrected chi connectivity index (χ1v) is 8.01. The van der Waals surface area contributed by atoms with Crippen LogP contribution >= 0.6 is 0 Å². The Morgan fingerprint density at radius 3 is 1.48 bits per heavy atom. The van der Waals surface area contributed by atoms with Crippen molar-refractivity contribution < 1.29 is 0 Å². The van der Waals surface area contributed by atoms with Gasteiger partial charge < -0.3 is 0 Å². The SMILES string of the molecule is CC(C)C(c1ccccc1)C(c1ccccc1)C(C)(C)C. The molecular weight excluding hydrogens is 252 g/mol. The molecular formula is C21H28. The van der Waals surface area contributed by atoms with Crippen molar-refractivity contribution in [2.24, 2.45) is 11.3 Å². The van der Waals surface area contributed by atoms with Crippen molar-refractivity contribution in [2.45, 2.75) is 46.5 Å². The molecule has 0 aliphatic carbocycles. The summed E-state index contributed by atoms with van der Waals surface area (Å²) in [6.45, 7) is 11.8. The van der Waals surface area contributed by atoms with Crippen molar-refractivity contribution in [3.8, 4) is 0 Å². The van der Waals surface area contributed by atoms with Crippen LogP contribution in [0.4, 0.5) is 0 Å². The van der Waals surface area contributed by atoms with Gasteiger partial charge in [0.15, 0.2) is 0 Å². The molecule has 0 heteroatoms. The zero-order chi connectivity index (χ0) is 15.5. The van der Waals surface area contributed by atoms with Crippen molar-refractivity contribution in [1.82, 2.24) is 0 Å². The summed E-state index contributed by atoms with van der Waals surface area (Å²) >= 11 is 0. The monoisotopic (exact) mass is 280 g/mol. The molecule has 0 aromatic heterocycles. The lowest BCUT2D eigenvalue weighted by atomic mass is 9.64. The van der Waals surface area contributed by atoms with Crippen molar-refractivity contribution >= 4 is 0 Å². The third kappa shape index (κ3) is 3.75. The largest absolute Gasteiger partial charge is 0.0622 e. The zero-order valence-corrected chi connectivity index (χ0v) is 14.0. The Kier molecular flexibility index (Phi) is 4.88. The minimum Gasteiger partial charge on any atom is -0.0622 e. The van der Waals surface area contributed by atoms with Crippen LogP contribution < -0.4 is 0 Å². The molecule has 112 valence electrons. The first-order chi connectivity index (χ1) is 9.91. The van der Waals surface area contributed by atoms with Gasteiger partial charge in [0.1, 0.15) is 0 Å². The van der Waals surface area contributed by atoms with E-state index >= 15 is 0 Å². The van der Waals surface area contributed by atoms with Gasteiger partial charge in [0, 0.05) is 0 Å². The Bertz CT molecular complexity index is 531. The van der Waals surface area contributed by atoms with Crippen LogP contribution in [0.3, 0.4) is 0 Å². The summed E-state index contributed by atoms with van der Waals surface area (Å²) in [4.78, 5) is 0. The summed E-state index contributed by atoms with van der Waals surface area (Å²) in [5.41, 5.74) is 3.13. The fourth-order valence-corrected chi connectivity index (χ4v) is 3.54. The Balaban J connectivity index is 2.52. The third-order valence-electron chi connectivity index (χ3n) is 4.35. The van der Waals surface area contributed by atoms with Crippen LogP contribution in [0.2, 0.25) is 0 Å². The molecule has 2 atom stereocenters. The smallest absolute Gasteiger partial charge is 0.00420 e. The van der Waals surface area contributed by atoms with Crippen LogP contribution in [0, 0.1) is 11.3 Å². The summed E-state index contributed by atoms with van der Waals surface area (Å²) in [5, 5.41) is 0. The molecule has 0 heterocycles. The maximum Gasteiger partial charge on any atom is -0.00420 e. The molecule has 0 spiro atoms. The van der Waals surface area contributed by atoms with E-state index in [2.05, 4.69) is 95.3 Å². The predicted octanol–water partition coefficient (Wildman–Crippen LogP) is 6.26. The number of rotatable bonds is 4. The zero-order valence-electron chi connectivity index (χ0n) is 14.0. The van der Waals surface area contributed by atoms with E-state index in [-0.39, 0.29) is 5.41 Å². The van der Waals surface area contributed by atoms with Gasteiger partial charge in [0.25, 0.3) is 0 Å². The summed E-state index contributed by atoms with van der Waals surface area (Å²) in [6.07, 6.45) is 0. The quantitative estimate of drug-likeness (QED) is 0.620. The van der Waals surface area contributed by atoms with Gasteiger partial charge in [-0.15, -0.1) is 0 Å². The van der Waals surface area contributed by atoms with Crippen molar-refractivity contribution in [3.63, 3.8) is 0 Å². The molecule has 21 heavy (non-hydrogen) atoms. The van der Waals surface area contributed by atoms with Crippen molar-refractivity contribution in [2.75, 3.05) is 0 Å². The van der Waals surface area contributed by atoms with Crippen molar-refractivity contribution in [3.05, 3.63) is 71.8 Å². The molecule has 2 unspecified atom stereocenters. The molecule has 0 bridgehead atoms. The van der Waals surface area contributed by atoms with Crippen LogP contribution in [0.5, 0.6) is 0 Å². The molecule has 0 nitrogen and oxygen atoms in total.